The van der Waals surface area contributed by atoms with Gasteiger partial charge in [0.05, 0.1) is 46.6 Å². The lowest BCUT2D eigenvalue weighted by atomic mass is 9.99. The Bertz CT molecular complexity index is 2130. The monoisotopic (exact) mass is 774 g/mol. The lowest BCUT2D eigenvalue weighted by molar-refractivity contribution is 0.0946. The largest absolute Gasteiger partial charge is 0.494 e. The fraction of sp³-hybridized carbons (Fsp3) is 0.371. The number of aromatic nitrogens is 6. The quantitative estimate of drug-likeness (QED) is 0.157. The summed E-state index contributed by atoms with van der Waals surface area (Å²) in [7, 11) is 0.746. The highest BCUT2D eigenvalue weighted by molar-refractivity contribution is 9.10. The van der Waals surface area contributed by atoms with E-state index in [-0.39, 0.29) is 12.1 Å². The SMILES string of the molecule is COc1cc(N2CCC(N3CCCCOC3=O)CC2)c(-c2cnn(C)c2)cc1Nc1ncc(Br)c(Nc2ccc3nccnc3c2P(C)(C)=O)n1. The van der Waals surface area contributed by atoms with Gasteiger partial charge >= 0.3 is 6.09 Å². The van der Waals surface area contributed by atoms with Crippen molar-refractivity contribution in [1.29, 1.82) is 0 Å². The Hall–Kier alpha value is -4.75. The number of fused-ring (bicyclic) bond motifs is 1. The first-order valence-electron chi connectivity index (χ1n) is 16.8. The maximum atomic E-state index is 13.5. The second-order valence-electron chi connectivity index (χ2n) is 13.1. The molecule has 0 atom stereocenters. The van der Waals surface area contributed by atoms with Crippen molar-refractivity contribution in [3.8, 4) is 16.9 Å². The van der Waals surface area contributed by atoms with Gasteiger partial charge in [0, 0.05) is 80.4 Å². The molecule has 7 rings (SSSR count). The first-order valence-corrected chi connectivity index (χ1v) is 20.2. The second-order valence-corrected chi connectivity index (χ2v) is 17.1. The second kappa shape index (κ2) is 14.5. The molecule has 1 amide bonds. The lowest BCUT2D eigenvalue weighted by Gasteiger charge is -2.39. The minimum atomic E-state index is -2.79. The molecule has 2 fully saturated rings. The number of cyclic esters (lactones) is 1. The van der Waals surface area contributed by atoms with E-state index < -0.39 is 7.14 Å². The third-order valence-corrected chi connectivity index (χ3v) is 11.3. The molecule has 0 radical (unpaired) electrons. The van der Waals surface area contributed by atoms with Gasteiger partial charge < -0.3 is 34.5 Å². The van der Waals surface area contributed by atoms with Crippen LogP contribution >= 0.6 is 23.1 Å². The molecule has 14 nitrogen and oxygen atoms in total. The van der Waals surface area contributed by atoms with Gasteiger partial charge in [0.2, 0.25) is 5.95 Å². The Morgan fingerprint density at radius 2 is 1.80 bits per heavy atom. The van der Waals surface area contributed by atoms with Crippen LogP contribution in [0.15, 0.2) is 59.7 Å². The van der Waals surface area contributed by atoms with Crippen LogP contribution in [0.1, 0.15) is 25.7 Å². The van der Waals surface area contributed by atoms with Crippen LogP contribution in [0.3, 0.4) is 0 Å². The highest BCUT2D eigenvalue weighted by Gasteiger charge is 2.31. The number of carbonyl (C=O) groups excluding carboxylic acids is 1. The molecule has 51 heavy (non-hydrogen) atoms. The van der Waals surface area contributed by atoms with E-state index in [4.69, 9.17) is 14.5 Å². The van der Waals surface area contributed by atoms with Crippen LogP contribution in [-0.4, -0.2) is 93.4 Å². The standard InChI is InChI=1S/C35H40BrN10O4P/c1-44-21-22(19-40-44)24-17-28(30(49-2)18-29(24)45-14-9-23(10-15-45)46-13-5-6-16-50-35(46)47)42-34-39-20-25(36)33(43-34)41-27-8-7-26-31(38-12-11-37-26)32(27)51(3,4)48/h7-8,11-12,17-21,23H,5-6,9-10,13-16H2,1-4H3,(H2,39,41,42,43). The van der Waals surface area contributed by atoms with Gasteiger partial charge in [-0.15, -0.1) is 0 Å². The maximum absolute atomic E-state index is 13.5. The normalized spacial score (nSPS) is 15.8. The average molecular weight is 776 g/mol. The van der Waals surface area contributed by atoms with Gasteiger partial charge in [-0.1, -0.05) is 0 Å². The van der Waals surface area contributed by atoms with E-state index >= 15 is 0 Å². The van der Waals surface area contributed by atoms with Gasteiger partial charge in [-0.05, 0) is 73.1 Å². The zero-order valence-corrected chi connectivity index (χ0v) is 31.4. The number of nitrogens with one attached hydrogen (secondary N) is 2. The van der Waals surface area contributed by atoms with Crippen LogP contribution in [0.4, 0.5) is 33.6 Å². The number of rotatable bonds is 9. The van der Waals surface area contributed by atoms with Crippen molar-refractivity contribution in [2.45, 2.75) is 31.7 Å². The number of hydrogen-bond acceptors (Lipinski definition) is 12. The summed E-state index contributed by atoms with van der Waals surface area (Å²) < 4.78 is 27.3. The summed E-state index contributed by atoms with van der Waals surface area (Å²) in [5.41, 5.74) is 5.47. The summed E-state index contributed by atoms with van der Waals surface area (Å²) >= 11 is 3.58. The van der Waals surface area contributed by atoms with E-state index in [1.807, 2.05) is 48.6 Å². The molecule has 0 bridgehead atoms. The number of ether oxygens (including phenoxy) is 2. The molecule has 5 heterocycles. The molecule has 2 aromatic carbocycles. The highest BCUT2D eigenvalue weighted by atomic mass is 79.9. The maximum Gasteiger partial charge on any atom is 0.410 e. The van der Waals surface area contributed by atoms with Crippen LogP contribution < -0.4 is 25.6 Å². The van der Waals surface area contributed by atoms with Crippen molar-refractivity contribution < 1.29 is 18.8 Å². The van der Waals surface area contributed by atoms with Crippen molar-refractivity contribution in [2.75, 3.05) is 62.2 Å². The third kappa shape index (κ3) is 7.36. The van der Waals surface area contributed by atoms with Gasteiger partial charge in [-0.3, -0.25) is 14.6 Å². The van der Waals surface area contributed by atoms with Crippen molar-refractivity contribution >= 4 is 74.3 Å². The summed E-state index contributed by atoms with van der Waals surface area (Å²) in [5.74, 6) is 1.42. The Labute approximate surface area is 304 Å². The van der Waals surface area contributed by atoms with E-state index in [0.29, 0.717) is 56.3 Å². The molecule has 266 valence electrons. The third-order valence-electron chi connectivity index (χ3n) is 9.23. The topological polar surface area (TPSA) is 153 Å². The Kier molecular flexibility index (Phi) is 9.84. The van der Waals surface area contributed by atoms with Crippen molar-refractivity contribution in [1.82, 2.24) is 34.6 Å². The van der Waals surface area contributed by atoms with E-state index in [9.17, 15) is 9.36 Å². The molecule has 2 aliphatic heterocycles. The predicted octanol–water partition coefficient (Wildman–Crippen LogP) is 6.53. The number of benzene rings is 2. The zero-order valence-electron chi connectivity index (χ0n) is 29.0. The van der Waals surface area contributed by atoms with Crippen LogP contribution in [0.5, 0.6) is 5.75 Å². The number of nitrogens with zero attached hydrogens (tertiary/aromatic N) is 8. The Balaban J connectivity index is 1.19. The molecule has 5 aromatic rings. The predicted molar refractivity (Wildman–Crippen MR) is 203 cm³/mol. The molecule has 0 unspecified atom stereocenters. The average Bonchev–Trinajstić information content (AvgIpc) is 3.44. The zero-order chi connectivity index (χ0) is 35.7. The van der Waals surface area contributed by atoms with Crippen LogP contribution in [0.2, 0.25) is 0 Å². The summed E-state index contributed by atoms with van der Waals surface area (Å²) in [6.07, 6.45) is 12.0. The lowest BCUT2D eigenvalue weighted by Crippen LogP contribution is -2.47. The fourth-order valence-corrected chi connectivity index (χ4v) is 8.47. The summed E-state index contributed by atoms with van der Waals surface area (Å²) in [4.78, 5) is 35.1. The molecule has 0 saturated carbocycles. The van der Waals surface area contributed by atoms with Gasteiger partial charge in [0.25, 0.3) is 0 Å². The molecular weight excluding hydrogens is 735 g/mol. The summed E-state index contributed by atoms with van der Waals surface area (Å²) in [6.45, 7) is 6.21. The molecule has 0 aliphatic carbocycles. The molecule has 2 aliphatic rings. The summed E-state index contributed by atoms with van der Waals surface area (Å²) in [5, 5.41) is 11.8. The smallest absolute Gasteiger partial charge is 0.410 e. The Morgan fingerprint density at radius 3 is 2.55 bits per heavy atom. The molecule has 3 aromatic heterocycles. The van der Waals surface area contributed by atoms with Crippen LogP contribution in [0, 0.1) is 0 Å². The van der Waals surface area contributed by atoms with Crippen LogP contribution in [0.25, 0.3) is 22.2 Å². The van der Waals surface area contributed by atoms with Crippen molar-refractivity contribution in [3.63, 3.8) is 0 Å². The van der Waals surface area contributed by atoms with Gasteiger partial charge in [0.1, 0.15) is 24.2 Å². The molecular formula is C35H40BrN10O4P. The molecule has 2 N–H and O–H groups in total. The number of anilines is 5. The van der Waals surface area contributed by atoms with E-state index in [0.717, 1.165) is 62.1 Å². The molecule has 16 heteroatoms. The van der Waals surface area contributed by atoms with Gasteiger partial charge in [0.15, 0.2) is 0 Å². The van der Waals surface area contributed by atoms with E-state index in [2.05, 4.69) is 51.5 Å². The number of piperidine rings is 1. The molecule has 2 saturated heterocycles. The fourth-order valence-electron chi connectivity index (χ4n) is 6.79. The number of hydrogen-bond donors (Lipinski definition) is 2. The van der Waals surface area contributed by atoms with E-state index in [1.165, 1.54) is 0 Å². The minimum absolute atomic E-state index is 0.147. The summed E-state index contributed by atoms with van der Waals surface area (Å²) in [6, 6.07) is 7.90. The molecule has 0 spiro atoms. The first kappa shape index (κ1) is 34.7. The number of aryl methyl sites for hydroxylation is 1. The van der Waals surface area contributed by atoms with Crippen molar-refractivity contribution in [2.24, 2.45) is 7.05 Å². The number of halogens is 1. The first-order chi connectivity index (χ1) is 24.6. The number of methoxy groups -OCH3 is 1. The minimum Gasteiger partial charge on any atom is -0.494 e. The highest BCUT2D eigenvalue weighted by Crippen LogP contribution is 2.43. The van der Waals surface area contributed by atoms with E-state index in [1.54, 1.807) is 43.7 Å². The van der Waals surface area contributed by atoms with Crippen molar-refractivity contribution in [3.05, 3.63) is 59.7 Å². The number of carbonyl (C=O) groups is 1. The van der Waals surface area contributed by atoms with Crippen LogP contribution in [-0.2, 0) is 16.3 Å². The van der Waals surface area contributed by atoms with Gasteiger partial charge in [-0.2, -0.15) is 10.1 Å². The van der Waals surface area contributed by atoms with Gasteiger partial charge in [-0.25, -0.2) is 9.78 Å². The number of amides is 1. The Morgan fingerprint density at radius 1 is 1.00 bits per heavy atom.